The van der Waals surface area contributed by atoms with Crippen molar-refractivity contribution in [1.82, 2.24) is 4.90 Å². The van der Waals surface area contributed by atoms with E-state index in [4.69, 9.17) is 11.6 Å². The summed E-state index contributed by atoms with van der Waals surface area (Å²) in [6.45, 7) is 0.728. The van der Waals surface area contributed by atoms with E-state index in [2.05, 4.69) is 0 Å². The number of aliphatic hydroxyl groups is 1. The third kappa shape index (κ3) is 2.06. The van der Waals surface area contributed by atoms with E-state index >= 15 is 0 Å². The molecule has 0 bridgehead atoms. The summed E-state index contributed by atoms with van der Waals surface area (Å²) in [6, 6.07) is 6.97. The largest absolute Gasteiger partial charge is 0.394 e. The second kappa shape index (κ2) is 4.85. The summed E-state index contributed by atoms with van der Waals surface area (Å²) < 4.78 is 0. The molecule has 1 N–H and O–H groups in total. The van der Waals surface area contributed by atoms with Crippen LogP contribution in [0.15, 0.2) is 24.3 Å². The summed E-state index contributed by atoms with van der Waals surface area (Å²) in [6.07, 6.45) is 1.81. The molecule has 1 atom stereocenters. The van der Waals surface area contributed by atoms with Crippen molar-refractivity contribution in [3.8, 4) is 0 Å². The molecule has 0 aliphatic carbocycles. The van der Waals surface area contributed by atoms with Crippen LogP contribution in [0.2, 0.25) is 5.02 Å². The molecule has 3 nitrogen and oxygen atoms in total. The lowest BCUT2D eigenvalue weighted by molar-refractivity contribution is 0.0678. The van der Waals surface area contributed by atoms with Gasteiger partial charge in [0.2, 0.25) is 0 Å². The molecule has 0 aromatic heterocycles. The van der Waals surface area contributed by atoms with Crippen molar-refractivity contribution in [2.75, 3.05) is 13.2 Å². The molecule has 16 heavy (non-hydrogen) atoms. The predicted molar refractivity (Wildman–Crippen MR) is 62.6 cm³/mol. The van der Waals surface area contributed by atoms with Gasteiger partial charge in [-0.3, -0.25) is 4.79 Å². The molecule has 0 spiro atoms. The van der Waals surface area contributed by atoms with Gasteiger partial charge in [0, 0.05) is 6.54 Å². The van der Waals surface area contributed by atoms with Gasteiger partial charge >= 0.3 is 0 Å². The lowest BCUT2D eigenvalue weighted by Gasteiger charge is -2.23. The number of carbonyl (C=O) groups is 1. The van der Waals surface area contributed by atoms with Crippen LogP contribution in [0.4, 0.5) is 0 Å². The third-order valence-electron chi connectivity index (χ3n) is 2.95. The van der Waals surface area contributed by atoms with Gasteiger partial charge in [-0.05, 0) is 25.0 Å². The molecule has 1 aliphatic heterocycles. The fourth-order valence-electron chi connectivity index (χ4n) is 2.08. The Kier molecular flexibility index (Phi) is 3.46. The summed E-state index contributed by atoms with van der Waals surface area (Å²) in [7, 11) is 0. The maximum absolute atomic E-state index is 12.2. The number of benzene rings is 1. The van der Waals surface area contributed by atoms with E-state index < -0.39 is 0 Å². The monoisotopic (exact) mass is 239 g/mol. The first-order valence-corrected chi connectivity index (χ1v) is 5.78. The second-order valence-electron chi connectivity index (χ2n) is 3.96. The van der Waals surface area contributed by atoms with Crippen LogP contribution in [0.3, 0.4) is 0 Å². The van der Waals surface area contributed by atoms with Gasteiger partial charge < -0.3 is 10.0 Å². The van der Waals surface area contributed by atoms with Gasteiger partial charge in [0.25, 0.3) is 5.91 Å². The zero-order valence-electron chi connectivity index (χ0n) is 8.90. The molecule has 0 unspecified atom stereocenters. The molecule has 86 valence electrons. The van der Waals surface area contributed by atoms with Crippen LogP contribution in [-0.4, -0.2) is 35.1 Å². The Morgan fingerprint density at radius 1 is 1.50 bits per heavy atom. The van der Waals surface area contributed by atoms with Gasteiger partial charge in [-0.25, -0.2) is 0 Å². The average Bonchev–Trinajstić information content (AvgIpc) is 2.77. The van der Waals surface area contributed by atoms with Crippen LogP contribution in [0.25, 0.3) is 0 Å². The molecule has 4 heteroatoms. The van der Waals surface area contributed by atoms with E-state index in [0.717, 1.165) is 12.8 Å². The van der Waals surface area contributed by atoms with Crippen molar-refractivity contribution in [2.24, 2.45) is 0 Å². The molecular weight excluding hydrogens is 226 g/mol. The van der Waals surface area contributed by atoms with Crippen LogP contribution in [0, 0.1) is 0 Å². The van der Waals surface area contributed by atoms with Crippen molar-refractivity contribution in [2.45, 2.75) is 18.9 Å². The minimum atomic E-state index is -0.0813. The van der Waals surface area contributed by atoms with E-state index in [1.54, 1.807) is 29.2 Å². The minimum absolute atomic E-state index is 0.0240. The van der Waals surface area contributed by atoms with Crippen LogP contribution >= 0.6 is 11.6 Å². The fourth-order valence-corrected chi connectivity index (χ4v) is 2.30. The molecule has 1 aromatic rings. The lowest BCUT2D eigenvalue weighted by atomic mass is 10.1. The fraction of sp³-hybridized carbons (Fsp3) is 0.417. The predicted octanol–water partition coefficient (Wildman–Crippen LogP) is 1.94. The summed E-state index contributed by atoms with van der Waals surface area (Å²) in [5, 5.41) is 9.64. The number of likely N-dealkylation sites (tertiary alicyclic amines) is 1. The van der Waals surface area contributed by atoms with E-state index in [1.165, 1.54) is 0 Å². The number of halogens is 1. The molecule has 2 rings (SSSR count). The number of amides is 1. The van der Waals surface area contributed by atoms with E-state index in [1.807, 2.05) is 0 Å². The summed E-state index contributed by atoms with van der Waals surface area (Å²) in [5.41, 5.74) is 0.518. The van der Waals surface area contributed by atoms with Gasteiger partial charge in [0.15, 0.2) is 0 Å². The number of rotatable bonds is 2. The van der Waals surface area contributed by atoms with E-state index in [9.17, 15) is 9.90 Å². The van der Waals surface area contributed by atoms with Crippen molar-refractivity contribution in [1.29, 1.82) is 0 Å². The zero-order valence-corrected chi connectivity index (χ0v) is 9.65. The standard InChI is InChI=1S/C12H14ClNO2/c13-11-6-2-1-5-10(11)12(16)14-7-3-4-9(14)8-15/h1-2,5-6,9,15H,3-4,7-8H2/t9-/m1/s1. The highest BCUT2D eigenvalue weighted by Crippen LogP contribution is 2.23. The normalized spacial score (nSPS) is 20.1. The molecule has 1 aromatic carbocycles. The maximum Gasteiger partial charge on any atom is 0.255 e. The first-order valence-electron chi connectivity index (χ1n) is 5.40. The topological polar surface area (TPSA) is 40.5 Å². The highest BCUT2D eigenvalue weighted by molar-refractivity contribution is 6.33. The van der Waals surface area contributed by atoms with Gasteiger partial charge in [-0.2, -0.15) is 0 Å². The third-order valence-corrected chi connectivity index (χ3v) is 3.28. The minimum Gasteiger partial charge on any atom is -0.394 e. The Morgan fingerprint density at radius 2 is 2.25 bits per heavy atom. The lowest BCUT2D eigenvalue weighted by Crippen LogP contribution is -2.37. The number of nitrogens with zero attached hydrogens (tertiary/aromatic N) is 1. The SMILES string of the molecule is O=C(c1ccccc1Cl)N1CCC[C@@H]1CO. The Balaban J connectivity index is 2.22. The van der Waals surface area contributed by atoms with Gasteiger partial charge in [-0.1, -0.05) is 23.7 Å². The molecular formula is C12H14ClNO2. The number of hydrogen-bond acceptors (Lipinski definition) is 2. The molecule has 1 saturated heterocycles. The van der Waals surface area contributed by atoms with Crippen LogP contribution in [0.1, 0.15) is 23.2 Å². The Bertz CT molecular complexity index is 394. The number of hydrogen-bond donors (Lipinski definition) is 1. The summed E-state index contributed by atoms with van der Waals surface area (Å²) >= 11 is 5.98. The van der Waals surface area contributed by atoms with Gasteiger partial charge in [0.05, 0.1) is 23.2 Å². The first-order chi connectivity index (χ1) is 7.74. The smallest absolute Gasteiger partial charge is 0.255 e. The van der Waals surface area contributed by atoms with Gasteiger partial charge in [-0.15, -0.1) is 0 Å². The summed E-state index contributed by atoms with van der Waals surface area (Å²) in [4.78, 5) is 13.9. The number of carbonyl (C=O) groups excluding carboxylic acids is 1. The van der Waals surface area contributed by atoms with Crippen molar-refractivity contribution >= 4 is 17.5 Å². The van der Waals surface area contributed by atoms with Gasteiger partial charge in [0.1, 0.15) is 0 Å². The van der Waals surface area contributed by atoms with Crippen molar-refractivity contribution < 1.29 is 9.90 Å². The second-order valence-corrected chi connectivity index (χ2v) is 4.36. The van der Waals surface area contributed by atoms with E-state index in [-0.39, 0.29) is 18.6 Å². The van der Waals surface area contributed by atoms with Crippen LogP contribution in [0.5, 0.6) is 0 Å². The Morgan fingerprint density at radius 3 is 2.94 bits per heavy atom. The van der Waals surface area contributed by atoms with Crippen LogP contribution in [-0.2, 0) is 0 Å². The molecule has 1 heterocycles. The van der Waals surface area contributed by atoms with E-state index in [0.29, 0.717) is 17.1 Å². The molecule has 0 radical (unpaired) electrons. The van der Waals surface area contributed by atoms with Crippen LogP contribution < -0.4 is 0 Å². The molecule has 1 amide bonds. The highest BCUT2D eigenvalue weighted by Gasteiger charge is 2.29. The molecule has 1 aliphatic rings. The quantitative estimate of drug-likeness (QED) is 0.857. The van der Waals surface area contributed by atoms with Crippen molar-refractivity contribution in [3.05, 3.63) is 34.9 Å². The first kappa shape index (κ1) is 11.4. The zero-order chi connectivity index (χ0) is 11.5. The van der Waals surface area contributed by atoms with Crippen molar-refractivity contribution in [3.63, 3.8) is 0 Å². The average molecular weight is 240 g/mol. The Labute approximate surface area is 99.6 Å². The number of aliphatic hydroxyl groups excluding tert-OH is 1. The molecule has 0 saturated carbocycles. The maximum atomic E-state index is 12.2. The Hall–Kier alpha value is -1.06. The molecule has 1 fully saturated rings. The summed E-state index contributed by atoms with van der Waals surface area (Å²) in [5.74, 6) is -0.0813. The highest BCUT2D eigenvalue weighted by atomic mass is 35.5.